The normalized spacial score (nSPS) is 11.5. The second-order valence-electron chi connectivity index (χ2n) is 8.68. The summed E-state index contributed by atoms with van der Waals surface area (Å²) in [6, 6.07) is 45.5. The van der Waals surface area contributed by atoms with E-state index in [1.54, 1.807) is 0 Å². The highest BCUT2D eigenvalue weighted by molar-refractivity contribution is 6.21. The largest absolute Gasteiger partial charge is 0.317 e. The first-order valence-electron chi connectivity index (χ1n) is 11.6. The van der Waals surface area contributed by atoms with Crippen molar-refractivity contribution in [2.24, 2.45) is 0 Å². The van der Waals surface area contributed by atoms with Gasteiger partial charge in [0.25, 0.3) is 0 Å². The van der Waals surface area contributed by atoms with Crippen molar-refractivity contribution >= 4 is 32.7 Å². The van der Waals surface area contributed by atoms with Crippen molar-refractivity contribution in [2.45, 2.75) is 0 Å². The Morgan fingerprint density at radius 1 is 0.412 bits per heavy atom. The summed E-state index contributed by atoms with van der Waals surface area (Å²) in [5, 5.41) is 3.85. The van der Waals surface area contributed by atoms with Gasteiger partial charge in [0.05, 0.1) is 16.6 Å². The SMILES string of the molecule is c1ccc(-c2cccc(-n3c4ccccc4c4c5ccn(-c6ccccc6)c5ccc43)c2)cc1. The van der Waals surface area contributed by atoms with E-state index in [9.17, 15) is 0 Å². The summed E-state index contributed by atoms with van der Waals surface area (Å²) >= 11 is 0. The lowest BCUT2D eigenvalue weighted by Crippen LogP contribution is -1.94. The second-order valence-corrected chi connectivity index (χ2v) is 8.68. The van der Waals surface area contributed by atoms with Gasteiger partial charge in [-0.15, -0.1) is 0 Å². The van der Waals surface area contributed by atoms with Crippen molar-refractivity contribution in [3.05, 3.63) is 134 Å². The minimum absolute atomic E-state index is 1.18. The van der Waals surface area contributed by atoms with E-state index in [1.807, 2.05) is 0 Å². The second kappa shape index (κ2) is 7.50. The maximum absolute atomic E-state index is 2.40. The van der Waals surface area contributed by atoms with Crippen molar-refractivity contribution < 1.29 is 0 Å². The number of rotatable bonds is 3. The quantitative estimate of drug-likeness (QED) is 0.264. The molecular weight excluding hydrogens is 412 g/mol. The summed E-state index contributed by atoms with van der Waals surface area (Å²) in [6.07, 6.45) is 2.18. The Bertz CT molecular complexity index is 1790. The molecule has 160 valence electrons. The molecule has 0 saturated heterocycles. The highest BCUT2D eigenvalue weighted by Crippen LogP contribution is 2.38. The van der Waals surface area contributed by atoms with E-state index in [1.165, 1.54) is 55.2 Å². The molecule has 0 N–H and O–H groups in total. The molecule has 7 aromatic rings. The molecule has 2 nitrogen and oxygen atoms in total. The highest BCUT2D eigenvalue weighted by atomic mass is 15.0. The lowest BCUT2D eigenvalue weighted by Gasteiger charge is -2.11. The van der Waals surface area contributed by atoms with Gasteiger partial charge in [-0.3, -0.25) is 0 Å². The maximum Gasteiger partial charge on any atom is 0.0548 e. The molecule has 0 fully saturated rings. The van der Waals surface area contributed by atoms with Gasteiger partial charge in [-0.2, -0.15) is 0 Å². The molecule has 34 heavy (non-hydrogen) atoms. The molecule has 0 atom stereocenters. The fourth-order valence-electron chi connectivity index (χ4n) is 5.23. The molecule has 0 saturated carbocycles. The van der Waals surface area contributed by atoms with Gasteiger partial charge >= 0.3 is 0 Å². The van der Waals surface area contributed by atoms with E-state index in [4.69, 9.17) is 0 Å². The first-order chi connectivity index (χ1) is 16.9. The van der Waals surface area contributed by atoms with Crippen LogP contribution in [0.3, 0.4) is 0 Å². The van der Waals surface area contributed by atoms with Gasteiger partial charge in [0.15, 0.2) is 0 Å². The van der Waals surface area contributed by atoms with Crippen LogP contribution in [0.1, 0.15) is 0 Å². The van der Waals surface area contributed by atoms with Crippen LogP contribution in [0, 0.1) is 0 Å². The van der Waals surface area contributed by atoms with E-state index in [0.29, 0.717) is 0 Å². The molecule has 0 spiro atoms. The average Bonchev–Trinajstić information content (AvgIpc) is 3.49. The van der Waals surface area contributed by atoms with Crippen LogP contribution < -0.4 is 0 Å². The van der Waals surface area contributed by atoms with Crippen LogP contribution in [0.5, 0.6) is 0 Å². The molecule has 2 heteroatoms. The van der Waals surface area contributed by atoms with Crippen LogP contribution in [0.25, 0.3) is 55.2 Å². The van der Waals surface area contributed by atoms with Crippen molar-refractivity contribution in [1.82, 2.24) is 9.13 Å². The molecular formula is C32H22N2. The minimum Gasteiger partial charge on any atom is -0.317 e. The van der Waals surface area contributed by atoms with Crippen molar-refractivity contribution in [2.75, 3.05) is 0 Å². The molecule has 0 radical (unpaired) electrons. The fourth-order valence-corrected chi connectivity index (χ4v) is 5.23. The summed E-state index contributed by atoms with van der Waals surface area (Å²) in [7, 11) is 0. The molecule has 0 bridgehead atoms. The highest BCUT2D eigenvalue weighted by Gasteiger charge is 2.16. The predicted molar refractivity (Wildman–Crippen MR) is 143 cm³/mol. The summed E-state index contributed by atoms with van der Waals surface area (Å²) in [6.45, 7) is 0. The number of hydrogen-bond donors (Lipinski definition) is 0. The predicted octanol–water partition coefficient (Wildman–Crippen LogP) is 8.39. The summed E-state index contributed by atoms with van der Waals surface area (Å²) in [5.74, 6) is 0. The van der Waals surface area contributed by atoms with E-state index >= 15 is 0 Å². The van der Waals surface area contributed by atoms with E-state index in [-0.39, 0.29) is 0 Å². The number of aromatic nitrogens is 2. The molecule has 0 aliphatic carbocycles. The third kappa shape index (κ3) is 2.82. The van der Waals surface area contributed by atoms with Crippen LogP contribution in [0.15, 0.2) is 134 Å². The first kappa shape index (κ1) is 19.0. The lowest BCUT2D eigenvalue weighted by molar-refractivity contribution is 1.13. The molecule has 5 aromatic carbocycles. The zero-order valence-corrected chi connectivity index (χ0v) is 18.6. The van der Waals surface area contributed by atoms with Crippen LogP contribution in [0.2, 0.25) is 0 Å². The molecule has 2 heterocycles. The Kier molecular flexibility index (Phi) is 4.18. The Hall–Kier alpha value is -4.56. The third-order valence-electron chi connectivity index (χ3n) is 6.75. The number of nitrogens with zero attached hydrogens (tertiary/aromatic N) is 2. The van der Waals surface area contributed by atoms with Crippen molar-refractivity contribution in [3.8, 4) is 22.5 Å². The van der Waals surface area contributed by atoms with Gasteiger partial charge in [-0.25, -0.2) is 0 Å². The third-order valence-corrected chi connectivity index (χ3v) is 6.75. The summed E-state index contributed by atoms with van der Waals surface area (Å²) in [4.78, 5) is 0. The zero-order chi connectivity index (χ0) is 22.5. The topological polar surface area (TPSA) is 9.86 Å². The molecule has 0 aliphatic rings. The Morgan fingerprint density at radius 2 is 1.06 bits per heavy atom. The summed E-state index contributed by atoms with van der Waals surface area (Å²) < 4.78 is 4.67. The van der Waals surface area contributed by atoms with E-state index in [0.717, 1.165) is 0 Å². The van der Waals surface area contributed by atoms with Gasteiger partial charge < -0.3 is 9.13 Å². The molecule has 0 amide bonds. The van der Waals surface area contributed by atoms with Crippen molar-refractivity contribution in [3.63, 3.8) is 0 Å². The Labute approximate surface area is 197 Å². The molecule has 7 rings (SSSR count). The van der Waals surface area contributed by atoms with Gasteiger partial charge in [-0.05, 0) is 59.7 Å². The summed E-state index contributed by atoms with van der Waals surface area (Å²) in [5.41, 5.74) is 8.48. The smallest absolute Gasteiger partial charge is 0.0548 e. The number of hydrogen-bond acceptors (Lipinski definition) is 0. The number of benzene rings is 5. The van der Waals surface area contributed by atoms with Crippen molar-refractivity contribution in [1.29, 1.82) is 0 Å². The van der Waals surface area contributed by atoms with Gasteiger partial charge in [0.2, 0.25) is 0 Å². The van der Waals surface area contributed by atoms with Gasteiger partial charge in [0.1, 0.15) is 0 Å². The molecule has 0 aliphatic heterocycles. The zero-order valence-electron chi connectivity index (χ0n) is 18.6. The first-order valence-corrected chi connectivity index (χ1v) is 11.6. The van der Waals surface area contributed by atoms with Crippen LogP contribution in [-0.2, 0) is 0 Å². The van der Waals surface area contributed by atoms with Crippen LogP contribution >= 0.6 is 0 Å². The van der Waals surface area contributed by atoms with Gasteiger partial charge in [-0.1, -0.05) is 78.9 Å². The molecule has 2 aromatic heterocycles. The number of fused-ring (bicyclic) bond motifs is 5. The fraction of sp³-hybridized carbons (Fsp3) is 0. The number of para-hydroxylation sites is 2. The maximum atomic E-state index is 2.40. The van der Waals surface area contributed by atoms with E-state index in [2.05, 4.69) is 143 Å². The standard InChI is InChI=1S/C32H22N2/c1-3-10-23(11-4-1)24-12-9-15-26(22-24)34-30-17-8-7-16-27(30)32-28-20-21-33(25-13-5-2-6-14-25)29(28)18-19-31(32)34/h1-22H. The van der Waals surface area contributed by atoms with Crippen LogP contribution in [0.4, 0.5) is 0 Å². The Morgan fingerprint density at radius 3 is 1.91 bits per heavy atom. The lowest BCUT2D eigenvalue weighted by atomic mass is 10.1. The van der Waals surface area contributed by atoms with E-state index < -0.39 is 0 Å². The average molecular weight is 435 g/mol. The minimum atomic E-state index is 1.18. The van der Waals surface area contributed by atoms with Gasteiger partial charge in [0, 0.05) is 33.7 Å². The Balaban J connectivity index is 1.52. The monoisotopic (exact) mass is 434 g/mol. The molecule has 0 unspecified atom stereocenters. The van der Waals surface area contributed by atoms with Crippen LogP contribution in [-0.4, -0.2) is 9.13 Å².